The third-order valence-electron chi connectivity index (χ3n) is 6.37. The molecule has 31 heavy (non-hydrogen) atoms. The third-order valence-corrected chi connectivity index (χ3v) is 6.99. The number of nitrogens with one attached hydrogen (secondary N) is 1. The molecule has 1 saturated carbocycles. The summed E-state index contributed by atoms with van der Waals surface area (Å²) in [6, 6.07) is 15.2. The number of aromatic nitrogens is 2. The Labute approximate surface area is 192 Å². The summed E-state index contributed by atoms with van der Waals surface area (Å²) in [5.74, 6) is -0.418. The SMILES string of the molecule is Fc1ccc(-n2cccc2[C@H]2[C@H](c3ccccn3)NC(=S)N2C2CCCCC2)cc1Cl. The van der Waals surface area contributed by atoms with Crippen molar-refractivity contribution >= 4 is 28.9 Å². The molecule has 3 aromatic rings. The van der Waals surface area contributed by atoms with Gasteiger partial charge >= 0.3 is 0 Å². The Balaban J connectivity index is 1.61. The smallest absolute Gasteiger partial charge is 0.170 e. The molecule has 0 bridgehead atoms. The number of hydrogen-bond acceptors (Lipinski definition) is 2. The van der Waals surface area contributed by atoms with Crippen LogP contribution >= 0.6 is 23.8 Å². The van der Waals surface area contributed by atoms with Crippen molar-refractivity contribution in [3.63, 3.8) is 0 Å². The van der Waals surface area contributed by atoms with E-state index in [1.165, 1.54) is 25.3 Å². The molecule has 3 heterocycles. The highest BCUT2D eigenvalue weighted by Crippen LogP contribution is 2.43. The Morgan fingerprint density at radius 1 is 1.06 bits per heavy atom. The van der Waals surface area contributed by atoms with Crippen LogP contribution in [0.1, 0.15) is 55.6 Å². The first kappa shape index (κ1) is 20.5. The summed E-state index contributed by atoms with van der Waals surface area (Å²) in [6.07, 6.45) is 9.81. The number of rotatable bonds is 4. The van der Waals surface area contributed by atoms with Crippen LogP contribution in [0.2, 0.25) is 5.02 Å². The highest BCUT2D eigenvalue weighted by molar-refractivity contribution is 7.80. The molecule has 0 radical (unpaired) electrons. The summed E-state index contributed by atoms with van der Waals surface area (Å²) in [7, 11) is 0. The summed E-state index contributed by atoms with van der Waals surface area (Å²) in [5, 5.41) is 4.44. The first-order valence-corrected chi connectivity index (χ1v) is 11.5. The zero-order valence-electron chi connectivity index (χ0n) is 17.0. The molecule has 2 atom stereocenters. The van der Waals surface area contributed by atoms with Gasteiger partial charge in [0.15, 0.2) is 5.11 Å². The van der Waals surface area contributed by atoms with E-state index < -0.39 is 5.82 Å². The Kier molecular flexibility index (Phi) is 5.67. The van der Waals surface area contributed by atoms with E-state index in [0.717, 1.165) is 35.0 Å². The summed E-state index contributed by atoms with van der Waals surface area (Å²) in [5.41, 5.74) is 2.86. The largest absolute Gasteiger partial charge is 0.352 e. The topological polar surface area (TPSA) is 33.1 Å². The molecule has 1 aliphatic carbocycles. The molecule has 1 aromatic carbocycles. The van der Waals surface area contributed by atoms with E-state index in [0.29, 0.717) is 6.04 Å². The normalized spacial score (nSPS) is 22.0. The van der Waals surface area contributed by atoms with Gasteiger partial charge in [0.05, 0.1) is 22.8 Å². The van der Waals surface area contributed by atoms with Gasteiger partial charge in [-0.25, -0.2) is 4.39 Å². The summed E-state index contributed by atoms with van der Waals surface area (Å²) in [6.45, 7) is 0. The summed E-state index contributed by atoms with van der Waals surface area (Å²) >= 11 is 12.0. The lowest BCUT2D eigenvalue weighted by atomic mass is 9.92. The Morgan fingerprint density at radius 3 is 2.65 bits per heavy atom. The molecule has 0 amide bonds. The zero-order valence-corrected chi connectivity index (χ0v) is 18.6. The summed E-state index contributed by atoms with van der Waals surface area (Å²) < 4.78 is 15.9. The van der Waals surface area contributed by atoms with E-state index in [1.54, 1.807) is 12.1 Å². The van der Waals surface area contributed by atoms with E-state index in [-0.39, 0.29) is 17.1 Å². The van der Waals surface area contributed by atoms with Gasteiger partial charge in [0.25, 0.3) is 0 Å². The lowest BCUT2D eigenvalue weighted by molar-refractivity contribution is 0.193. The van der Waals surface area contributed by atoms with Crippen LogP contribution in [0.5, 0.6) is 0 Å². The van der Waals surface area contributed by atoms with E-state index >= 15 is 0 Å². The Morgan fingerprint density at radius 2 is 1.90 bits per heavy atom. The van der Waals surface area contributed by atoms with Gasteiger partial charge in [0.1, 0.15) is 5.82 Å². The van der Waals surface area contributed by atoms with Crippen LogP contribution in [0.3, 0.4) is 0 Å². The van der Waals surface area contributed by atoms with Crippen LogP contribution in [0.4, 0.5) is 4.39 Å². The molecular weight excluding hydrogens is 431 g/mol. The van der Waals surface area contributed by atoms with Gasteiger partial charge in [-0.15, -0.1) is 0 Å². The van der Waals surface area contributed by atoms with Gasteiger partial charge in [-0.1, -0.05) is 36.9 Å². The Bertz CT molecular complexity index is 1080. The van der Waals surface area contributed by atoms with Crippen molar-refractivity contribution in [1.29, 1.82) is 0 Å². The minimum atomic E-state index is -0.418. The van der Waals surface area contributed by atoms with Crippen molar-refractivity contribution in [2.24, 2.45) is 0 Å². The average Bonchev–Trinajstić information content (AvgIpc) is 3.41. The standard InChI is InChI=1S/C24H24ClFN4S/c25-18-15-17(11-12-19(18)26)29-14-6-10-21(29)23-22(20-9-4-5-13-27-20)28-24(31)30(23)16-7-2-1-3-8-16/h4-6,9-16,22-23H,1-3,7-8H2,(H,28,31)/t22-,23-/m0/s1. The lowest BCUT2D eigenvalue weighted by Crippen LogP contribution is -2.40. The maximum Gasteiger partial charge on any atom is 0.170 e. The first-order chi connectivity index (χ1) is 15.1. The molecule has 7 heteroatoms. The number of hydrogen-bond donors (Lipinski definition) is 1. The van der Waals surface area contributed by atoms with Crippen molar-refractivity contribution < 1.29 is 4.39 Å². The first-order valence-electron chi connectivity index (χ1n) is 10.8. The van der Waals surface area contributed by atoms with E-state index in [1.807, 2.05) is 36.7 Å². The number of pyridine rings is 1. The van der Waals surface area contributed by atoms with Gasteiger partial charge in [0.2, 0.25) is 0 Å². The highest BCUT2D eigenvalue weighted by atomic mass is 35.5. The number of nitrogens with zero attached hydrogens (tertiary/aromatic N) is 3. The van der Waals surface area contributed by atoms with Crippen LogP contribution in [0.25, 0.3) is 5.69 Å². The number of benzene rings is 1. The average molecular weight is 455 g/mol. The van der Waals surface area contributed by atoms with Crippen molar-refractivity contribution in [3.05, 3.63) is 83.2 Å². The van der Waals surface area contributed by atoms with Crippen LogP contribution < -0.4 is 5.32 Å². The molecule has 1 N–H and O–H groups in total. The van der Waals surface area contributed by atoms with Crippen LogP contribution in [0, 0.1) is 5.82 Å². The highest BCUT2D eigenvalue weighted by Gasteiger charge is 2.44. The fraction of sp³-hybridized carbons (Fsp3) is 0.333. The van der Waals surface area contributed by atoms with Crippen LogP contribution in [-0.4, -0.2) is 25.6 Å². The summed E-state index contributed by atoms with van der Waals surface area (Å²) in [4.78, 5) is 7.01. The van der Waals surface area contributed by atoms with Crippen molar-refractivity contribution in [2.75, 3.05) is 0 Å². The molecule has 0 spiro atoms. The fourth-order valence-corrected chi connectivity index (χ4v) is 5.50. The lowest BCUT2D eigenvalue weighted by Gasteiger charge is -2.37. The van der Waals surface area contributed by atoms with Gasteiger partial charge in [-0.3, -0.25) is 4.98 Å². The van der Waals surface area contributed by atoms with Crippen LogP contribution in [-0.2, 0) is 0 Å². The molecule has 1 aliphatic heterocycles. The zero-order chi connectivity index (χ0) is 21.4. The van der Waals surface area contributed by atoms with E-state index in [9.17, 15) is 4.39 Å². The van der Waals surface area contributed by atoms with Crippen LogP contribution in [0.15, 0.2) is 60.9 Å². The molecule has 5 rings (SSSR count). The molecule has 0 unspecified atom stereocenters. The van der Waals surface area contributed by atoms with Gasteiger partial charge in [-0.05, 0) is 67.5 Å². The number of thiocarbonyl (C=S) groups is 1. The maximum atomic E-state index is 13.8. The second-order valence-electron chi connectivity index (χ2n) is 8.23. The molecular formula is C24H24ClFN4S. The predicted molar refractivity (Wildman–Crippen MR) is 125 cm³/mol. The van der Waals surface area contributed by atoms with Gasteiger partial charge in [0, 0.05) is 29.8 Å². The predicted octanol–water partition coefficient (Wildman–Crippen LogP) is 5.97. The molecule has 160 valence electrons. The number of halogens is 2. The molecule has 2 aromatic heterocycles. The van der Waals surface area contributed by atoms with Crippen molar-refractivity contribution in [1.82, 2.24) is 19.8 Å². The molecule has 4 nitrogen and oxygen atoms in total. The van der Waals surface area contributed by atoms with Gasteiger partial charge < -0.3 is 14.8 Å². The monoisotopic (exact) mass is 454 g/mol. The van der Waals surface area contributed by atoms with Crippen molar-refractivity contribution in [3.8, 4) is 5.69 Å². The van der Waals surface area contributed by atoms with E-state index in [2.05, 4.69) is 25.8 Å². The second kappa shape index (κ2) is 8.60. The Hall–Kier alpha value is -2.44. The fourth-order valence-electron chi connectivity index (χ4n) is 4.94. The maximum absolute atomic E-state index is 13.8. The third kappa shape index (κ3) is 3.83. The van der Waals surface area contributed by atoms with Gasteiger partial charge in [-0.2, -0.15) is 0 Å². The quantitative estimate of drug-likeness (QED) is 0.492. The minimum absolute atomic E-state index is 0.0238. The molecule has 2 fully saturated rings. The second-order valence-corrected chi connectivity index (χ2v) is 9.02. The van der Waals surface area contributed by atoms with Crippen molar-refractivity contribution in [2.45, 2.75) is 50.2 Å². The van der Waals surface area contributed by atoms with E-state index in [4.69, 9.17) is 23.8 Å². The molecule has 2 aliphatic rings. The minimum Gasteiger partial charge on any atom is -0.352 e. The molecule has 1 saturated heterocycles.